The lowest BCUT2D eigenvalue weighted by Crippen LogP contribution is -2.22. The van der Waals surface area contributed by atoms with Gasteiger partial charge in [0.05, 0.1) is 42.2 Å². The van der Waals surface area contributed by atoms with E-state index >= 15 is 0 Å². The van der Waals surface area contributed by atoms with Crippen molar-refractivity contribution in [1.29, 1.82) is 0 Å². The summed E-state index contributed by atoms with van der Waals surface area (Å²) in [5.74, 6) is 0. The zero-order chi connectivity index (χ0) is 13.0. The van der Waals surface area contributed by atoms with Crippen LogP contribution in [0.4, 0.5) is 11.4 Å². The number of rotatable bonds is 5. The number of nitrogens with zero attached hydrogens (tertiary/aromatic N) is 2. The molecule has 1 atom stereocenters. The molecule has 1 heterocycles. The highest BCUT2D eigenvalue weighted by molar-refractivity contribution is 5.58. The fraction of sp³-hybridized carbons (Fsp3) is 0.250. The van der Waals surface area contributed by atoms with Crippen LogP contribution in [0.25, 0.3) is 5.69 Å². The van der Waals surface area contributed by atoms with Gasteiger partial charge < -0.3 is 21.3 Å². The van der Waals surface area contributed by atoms with Crippen molar-refractivity contribution in [3.8, 4) is 5.69 Å². The van der Waals surface area contributed by atoms with Crippen LogP contribution in [0.5, 0.6) is 0 Å². The van der Waals surface area contributed by atoms with Gasteiger partial charge in [0.25, 0.3) is 0 Å². The molecule has 0 spiro atoms. The molecule has 0 saturated carbocycles. The van der Waals surface area contributed by atoms with Crippen molar-refractivity contribution in [2.24, 2.45) is 0 Å². The molecule has 96 valence electrons. The van der Waals surface area contributed by atoms with E-state index in [-0.39, 0.29) is 13.2 Å². The van der Waals surface area contributed by atoms with E-state index in [2.05, 4.69) is 10.4 Å². The van der Waals surface area contributed by atoms with Crippen LogP contribution in [0, 0.1) is 0 Å². The Labute approximate surface area is 105 Å². The Morgan fingerprint density at radius 3 is 2.89 bits per heavy atom. The first-order valence-corrected chi connectivity index (χ1v) is 5.63. The fourth-order valence-corrected chi connectivity index (χ4v) is 1.54. The van der Waals surface area contributed by atoms with Crippen LogP contribution in [0.2, 0.25) is 0 Å². The number of aliphatic hydroxyl groups excluding tert-OH is 2. The van der Waals surface area contributed by atoms with E-state index in [1.807, 2.05) is 18.2 Å². The monoisotopic (exact) mass is 248 g/mol. The Morgan fingerprint density at radius 1 is 1.39 bits per heavy atom. The zero-order valence-electron chi connectivity index (χ0n) is 9.82. The van der Waals surface area contributed by atoms with Gasteiger partial charge in [-0.05, 0) is 12.1 Å². The topological polar surface area (TPSA) is 96.3 Å². The number of hydrogen-bond donors (Lipinski definition) is 4. The molecule has 5 N–H and O–H groups in total. The summed E-state index contributed by atoms with van der Waals surface area (Å²) in [6, 6.07) is 7.42. The number of anilines is 2. The van der Waals surface area contributed by atoms with Gasteiger partial charge in [-0.2, -0.15) is 5.10 Å². The highest BCUT2D eigenvalue weighted by Crippen LogP contribution is 2.17. The minimum atomic E-state index is -0.782. The van der Waals surface area contributed by atoms with E-state index < -0.39 is 6.10 Å². The number of aromatic nitrogens is 2. The Morgan fingerprint density at radius 2 is 2.17 bits per heavy atom. The predicted octanol–water partition coefficient (Wildman–Crippen LogP) is 0.220. The molecule has 1 aromatic carbocycles. The van der Waals surface area contributed by atoms with Crippen molar-refractivity contribution in [3.63, 3.8) is 0 Å². The molecule has 0 amide bonds. The number of hydrogen-bond acceptors (Lipinski definition) is 5. The molecule has 6 heteroatoms. The molecule has 0 bridgehead atoms. The third-order valence-electron chi connectivity index (χ3n) is 2.52. The van der Waals surface area contributed by atoms with Crippen LogP contribution >= 0.6 is 0 Å². The normalized spacial score (nSPS) is 12.3. The predicted molar refractivity (Wildman–Crippen MR) is 69.6 cm³/mol. The van der Waals surface area contributed by atoms with Crippen molar-refractivity contribution in [3.05, 3.63) is 36.7 Å². The quantitative estimate of drug-likeness (QED) is 0.568. The van der Waals surface area contributed by atoms with Crippen molar-refractivity contribution in [2.75, 3.05) is 24.2 Å². The molecule has 1 unspecified atom stereocenters. The molecule has 2 rings (SSSR count). The lowest BCUT2D eigenvalue weighted by molar-refractivity contribution is 0.105. The van der Waals surface area contributed by atoms with E-state index in [4.69, 9.17) is 10.8 Å². The molecule has 2 aromatic rings. The zero-order valence-corrected chi connectivity index (χ0v) is 9.82. The summed E-state index contributed by atoms with van der Waals surface area (Å²) < 4.78 is 1.66. The summed E-state index contributed by atoms with van der Waals surface area (Å²) in [6.45, 7) is -0.000758. The minimum Gasteiger partial charge on any atom is -0.397 e. The van der Waals surface area contributed by atoms with Gasteiger partial charge in [0, 0.05) is 6.54 Å². The van der Waals surface area contributed by atoms with E-state index in [9.17, 15) is 5.11 Å². The number of nitrogen functional groups attached to an aromatic ring is 1. The molecular weight excluding hydrogens is 232 g/mol. The van der Waals surface area contributed by atoms with Crippen LogP contribution < -0.4 is 11.1 Å². The van der Waals surface area contributed by atoms with Gasteiger partial charge in [-0.1, -0.05) is 12.1 Å². The summed E-state index contributed by atoms with van der Waals surface area (Å²) in [5, 5.41) is 25.1. The fourth-order valence-electron chi connectivity index (χ4n) is 1.54. The van der Waals surface area contributed by atoms with Gasteiger partial charge in [0.2, 0.25) is 0 Å². The van der Waals surface area contributed by atoms with Crippen molar-refractivity contribution >= 4 is 11.4 Å². The third-order valence-corrected chi connectivity index (χ3v) is 2.52. The molecule has 18 heavy (non-hydrogen) atoms. The van der Waals surface area contributed by atoms with Gasteiger partial charge in [0.15, 0.2) is 0 Å². The molecule has 1 aromatic heterocycles. The van der Waals surface area contributed by atoms with E-state index in [1.165, 1.54) is 0 Å². The second-order valence-electron chi connectivity index (χ2n) is 3.95. The SMILES string of the molecule is Nc1ccccc1-n1cc(NCC(O)CO)cn1. The van der Waals surface area contributed by atoms with Gasteiger partial charge in [-0.3, -0.25) is 0 Å². The highest BCUT2D eigenvalue weighted by atomic mass is 16.3. The summed E-state index contributed by atoms with van der Waals surface area (Å²) in [4.78, 5) is 0. The number of benzene rings is 1. The lowest BCUT2D eigenvalue weighted by Gasteiger charge is -2.07. The Kier molecular flexibility index (Phi) is 3.81. The summed E-state index contributed by atoms with van der Waals surface area (Å²) in [6.07, 6.45) is 2.63. The van der Waals surface area contributed by atoms with Crippen molar-refractivity contribution in [1.82, 2.24) is 9.78 Å². The standard InChI is InChI=1S/C12H16N4O2/c13-11-3-1-2-4-12(11)16-7-9(5-15-16)14-6-10(18)8-17/h1-5,7,10,14,17-18H,6,8,13H2. The highest BCUT2D eigenvalue weighted by Gasteiger charge is 2.05. The molecule has 0 aliphatic heterocycles. The second kappa shape index (κ2) is 5.52. The molecule has 0 aliphatic carbocycles. The molecule has 0 fully saturated rings. The van der Waals surface area contributed by atoms with Gasteiger partial charge in [-0.15, -0.1) is 0 Å². The lowest BCUT2D eigenvalue weighted by atomic mass is 10.3. The molecule has 6 nitrogen and oxygen atoms in total. The molecular formula is C12H16N4O2. The second-order valence-corrected chi connectivity index (χ2v) is 3.95. The third kappa shape index (κ3) is 2.79. The number of para-hydroxylation sites is 2. The van der Waals surface area contributed by atoms with Crippen molar-refractivity contribution in [2.45, 2.75) is 6.10 Å². The number of nitrogens with one attached hydrogen (secondary N) is 1. The van der Waals surface area contributed by atoms with Crippen LogP contribution in [0.15, 0.2) is 36.7 Å². The summed E-state index contributed by atoms with van der Waals surface area (Å²) in [7, 11) is 0. The Bertz CT molecular complexity index is 512. The van der Waals surface area contributed by atoms with Gasteiger partial charge in [0.1, 0.15) is 0 Å². The maximum Gasteiger partial charge on any atom is 0.0942 e. The van der Waals surface area contributed by atoms with E-state index in [1.54, 1.807) is 23.1 Å². The molecule has 0 aliphatic rings. The Hall–Kier alpha value is -2.05. The molecule has 0 saturated heterocycles. The largest absolute Gasteiger partial charge is 0.397 e. The van der Waals surface area contributed by atoms with E-state index in [0.717, 1.165) is 11.4 Å². The first-order chi connectivity index (χ1) is 8.70. The van der Waals surface area contributed by atoms with Crippen LogP contribution in [-0.2, 0) is 0 Å². The number of aliphatic hydroxyl groups is 2. The van der Waals surface area contributed by atoms with Crippen molar-refractivity contribution < 1.29 is 10.2 Å². The average molecular weight is 248 g/mol. The molecule has 0 radical (unpaired) electrons. The maximum atomic E-state index is 9.23. The first-order valence-electron chi connectivity index (χ1n) is 5.63. The average Bonchev–Trinajstić information content (AvgIpc) is 2.85. The first kappa shape index (κ1) is 12.4. The minimum absolute atomic E-state index is 0.270. The van der Waals surface area contributed by atoms with E-state index in [0.29, 0.717) is 5.69 Å². The number of nitrogens with two attached hydrogens (primary N) is 1. The van der Waals surface area contributed by atoms with Gasteiger partial charge in [-0.25, -0.2) is 4.68 Å². The summed E-state index contributed by atoms with van der Waals surface area (Å²) in [5.41, 5.74) is 8.05. The van der Waals surface area contributed by atoms with Crippen LogP contribution in [0.1, 0.15) is 0 Å². The maximum absolute atomic E-state index is 9.23. The van der Waals surface area contributed by atoms with Crippen LogP contribution in [0.3, 0.4) is 0 Å². The smallest absolute Gasteiger partial charge is 0.0942 e. The van der Waals surface area contributed by atoms with Gasteiger partial charge >= 0.3 is 0 Å². The summed E-state index contributed by atoms with van der Waals surface area (Å²) >= 11 is 0. The Balaban J connectivity index is 2.09. The van der Waals surface area contributed by atoms with Crippen LogP contribution in [-0.4, -0.2) is 39.2 Å².